The molecule has 1 aromatic rings. The topological polar surface area (TPSA) is 92.7 Å². The van der Waals surface area contributed by atoms with Crippen molar-refractivity contribution in [2.24, 2.45) is 0 Å². The molecule has 0 aliphatic heterocycles. The van der Waals surface area contributed by atoms with E-state index in [9.17, 15) is 13.2 Å². The van der Waals surface area contributed by atoms with Crippen LogP contribution in [0.5, 0.6) is 5.75 Å². The molecule has 1 aliphatic rings. The highest BCUT2D eigenvalue weighted by Crippen LogP contribution is 2.33. The molecule has 0 radical (unpaired) electrons. The van der Waals surface area contributed by atoms with Crippen LogP contribution in [0.15, 0.2) is 24.3 Å². The van der Waals surface area contributed by atoms with Crippen molar-refractivity contribution in [3.63, 3.8) is 0 Å². The number of rotatable bonds is 6. The van der Waals surface area contributed by atoms with Gasteiger partial charge in [0.15, 0.2) is 0 Å². The summed E-state index contributed by atoms with van der Waals surface area (Å²) in [7, 11) is -1.95. The van der Waals surface area contributed by atoms with Crippen LogP contribution in [0.4, 0.5) is 5.69 Å². The van der Waals surface area contributed by atoms with E-state index >= 15 is 0 Å². The van der Waals surface area contributed by atoms with Gasteiger partial charge in [-0.15, -0.1) is 0 Å². The lowest BCUT2D eigenvalue weighted by Crippen LogP contribution is -2.17. The summed E-state index contributed by atoms with van der Waals surface area (Å²) in [6.07, 6.45) is 3.70. The number of carbonyl (C=O) groups is 1. The molecule has 0 atom stereocenters. The van der Waals surface area contributed by atoms with Crippen molar-refractivity contribution >= 4 is 27.8 Å². The first-order chi connectivity index (χ1) is 9.42. The summed E-state index contributed by atoms with van der Waals surface area (Å²) in [4.78, 5) is 10.5. The molecule has 0 bridgehead atoms. The lowest BCUT2D eigenvalue weighted by Gasteiger charge is -2.12. The molecule has 7 heteroatoms. The highest BCUT2D eigenvalue weighted by atomic mass is 32.2. The second kappa shape index (κ2) is 5.54. The molecule has 6 nitrogen and oxygen atoms in total. The van der Waals surface area contributed by atoms with E-state index in [4.69, 9.17) is 9.84 Å². The first-order valence-electron chi connectivity index (χ1n) is 6.03. The average molecular weight is 297 g/mol. The van der Waals surface area contributed by atoms with Crippen molar-refractivity contribution in [2.75, 3.05) is 11.8 Å². The van der Waals surface area contributed by atoms with Crippen LogP contribution >= 0.6 is 0 Å². The van der Waals surface area contributed by atoms with Gasteiger partial charge in [-0.25, -0.2) is 13.2 Å². The van der Waals surface area contributed by atoms with E-state index in [0.29, 0.717) is 29.8 Å². The SMILES string of the molecule is COc1ccc(C=CC(=O)O)cc1NS(=O)(=O)C1CC1. The number of hydrogen-bond acceptors (Lipinski definition) is 4. The molecule has 1 aliphatic carbocycles. The molecule has 0 spiro atoms. The van der Waals surface area contributed by atoms with E-state index in [2.05, 4.69) is 4.72 Å². The zero-order valence-corrected chi connectivity index (χ0v) is 11.7. The number of aliphatic carboxylic acids is 1. The van der Waals surface area contributed by atoms with Crippen LogP contribution in [0.2, 0.25) is 0 Å². The minimum atomic E-state index is -3.39. The van der Waals surface area contributed by atoms with E-state index in [-0.39, 0.29) is 5.25 Å². The maximum Gasteiger partial charge on any atom is 0.328 e. The van der Waals surface area contributed by atoms with E-state index in [0.717, 1.165) is 6.08 Å². The summed E-state index contributed by atoms with van der Waals surface area (Å²) < 4.78 is 31.5. The Balaban J connectivity index is 2.29. The van der Waals surface area contributed by atoms with E-state index in [1.165, 1.54) is 19.3 Å². The highest BCUT2D eigenvalue weighted by molar-refractivity contribution is 7.93. The predicted molar refractivity (Wildman–Crippen MR) is 75.2 cm³/mol. The number of carboxylic acid groups (broad SMARTS) is 1. The second-order valence-corrected chi connectivity index (χ2v) is 6.44. The minimum absolute atomic E-state index is 0.312. The van der Waals surface area contributed by atoms with E-state index < -0.39 is 16.0 Å². The normalized spacial score (nSPS) is 15.2. The predicted octanol–water partition coefficient (Wildman–Crippen LogP) is 1.70. The van der Waals surface area contributed by atoms with Gasteiger partial charge in [0.1, 0.15) is 5.75 Å². The maximum atomic E-state index is 11.9. The quantitative estimate of drug-likeness (QED) is 0.780. The Kier molecular flexibility index (Phi) is 3.99. The minimum Gasteiger partial charge on any atom is -0.495 e. The van der Waals surface area contributed by atoms with Crippen LogP contribution < -0.4 is 9.46 Å². The number of benzene rings is 1. The summed E-state index contributed by atoms with van der Waals surface area (Å²) in [6.45, 7) is 0. The third-order valence-corrected chi connectivity index (χ3v) is 4.71. The van der Waals surface area contributed by atoms with Gasteiger partial charge in [-0.3, -0.25) is 4.72 Å². The Bertz CT molecular complexity index is 647. The van der Waals surface area contributed by atoms with Gasteiger partial charge in [-0.1, -0.05) is 6.07 Å². The number of methoxy groups -OCH3 is 1. The molecule has 1 fully saturated rings. The molecular weight excluding hydrogens is 282 g/mol. The zero-order valence-electron chi connectivity index (χ0n) is 10.9. The fraction of sp³-hybridized carbons (Fsp3) is 0.308. The van der Waals surface area contributed by atoms with Gasteiger partial charge in [0.25, 0.3) is 0 Å². The molecule has 1 aromatic carbocycles. The third-order valence-electron chi connectivity index (χ3n) is 2.86. The molecule has 20 heavy (non-hydrogen) atoms. The smallest absolute Gasteiger partial charge is 0.328 e. The number of carboxylic acids is 1. The van der Waals surface area contributed by atoms with Crippen LogP contribution in [0.1, 0.15) is 18.4 Å². The summed E-state index contributed by atoms with van der Waals surface area (Å²) in [5.74, 6) is -0.678. The monoisotopic (exact) mass is 297 g/mol. The zero-order chi connectivity index (χ0) is 14.8. The van der Waals surface area contributed by atoms with Crippen molar-refractivity contribution in [3.05, 3.63) is 29.8 Å². The highest BCUT2D eigenvalue weighted by Gasteiger charge is 2.36. The average Bonchev–Trinajstić information content (AvgIpc) is 3.20. The van der Waals surface area contributed by atoms with Crippen molar-refractivity contribution < 1.29 is 23.1 Å². The fourth-order valence-corrected chi connectivity index (χ4v) is 3.08. The summed E-state index contributed by atoms with van der Waals surface area (Å²) in [5.41, 5.74) is 0.883. The summed E-state index contributed by atoms with van der Waals surface area (Å²) >= 11 is 0. The van der Waals surface area contributed by atoms with Crippen LogP contribution in [0.3, 0.4) is 0 Å². The Hall–Kier alpha value is -2.02. The Morgan fingerprint density at radius 3 is 2.70 bits per heavy atom. The number of ether oxygens (including phenoxy) is 1. The van der Waals surface area contributed by atoms with Crippen LogP contribution in [0, 0.1) is 0 Å². The van der Waals surface area contributed by atoms with Gasteiger partial charge in [-0.05, 0) is 36.6 Å². The molecule has 0 aromatic heterocycles. The van der Waals surface area contributed by atoms with Crippen molar-refractivity contribution in [1.29, 1.82) is 0 Å². The first kappa shape index (κ1) is 14.4. The van der Waals surface area contributed by atoms with Crippen molar-refractivity contribution in [3.8, 4) is 5.75 Å². The van der Waals surface area contributed by atoms with Gasteiger partial charge in [0.2, 0.25) is 10.0 Å². The molecule has 2 rings (SSSR count). The molecule has 0 amide bonds. The van der Waals surface area contributed by atoms with Crippen LogP contribution in [-0.4, -0.2) is 31.9 Å². The van der Waals surface area contributed by atoms with Crippen LogP contribution in [0.25, 0.3) is 6.08 Å². The molecule has 108 valence electrons. The van der Waals surface area contributed by atoms with Crippen LogP contribution in [-0.2, 0) is 14.8 Å². The van der Waals surface area contributed by atoms with Gasteiger partial charge in [0.05, 0.1) is 18.0 Å². The molecule has 0 heterocycles. The Morgan fingerprint density at radius 1 is 1.45 bits per heavy atom. The third kappa shape index (κ3) is 3.51. The molecule has 0 saturated heterocycles. The molecule has 0 unspecified atom stereocenters. The standard InChI is InChI=1S/C13H15NO5S/c1-19-12-6-2-9(3-7-13(15)16)8-11(12)14-20(17,18)10-4-5-10/h2-3,6-8,10,14H,4-5H2,1H3,(H,15,16). The lowest BCUT2D eigenvalue weighted by atomic mass is 10.2. The fourth-order valence-electron chi connectivity index (χ4n) is 1.69. The molecular formula is C13H15NO5S. The number of hydrogen-bond donors (Lipinski definition) is 2. The number of sulfonamides is 1. The first-order valence-corrected chi connectivity index (χ1v) is 7.57. The van der Waals surface area contributed by atoms with Gasteiger partial charge in [0, 0.05) is 6.08 Å². The summed E-state index contributed by atoms with van der Waals surface area (Å²) in [6, 6.07) is 4.78. The van der Waals surface area contributed by atoms with E-state index in [1.807, 2.05) is 0 Å². The number of anilines is 1. The lowest BCUT2D eigenvalue weighted by molar-refractivity contribution is -0.131. The van der Waals surface area contributed by atoms with E-state index in [1.54, 1.807) is 12.1 Å². The molecule has 1 saturated carbocycles. The number of nitrogens with one attached hydrogen (secondary N) is 1. The van der Waals surface area contributed by atoms with Crippen molar-refractivity contribution in [1.82, 2.24) is 0 Å². The largest absolute Gasteiger partial charge is 0.495 e. The second-order valence-electron chi connectivity index (χ2n) is 4.48. The van der Waals surface area contributed by atoms with Crippen molar-refractivity contribution in [2.45, 2.75) is 18.1 Å². The van der Waals surface area contributed by atoms with Gasteiger partial charge in [-0.2, -0.15) is 0 Å². The van der Waals surface area contributed by atoms with Gasteiger partial charge >= 0.3 is 5.97 Å². The Morgan fingerprint density at radius 2 is 2.15 bits per heavy atom. The Labute approximate surface area is 117 Å². The molecule has 2 N–H and O–H groups in total. The summed E-state index contributed by atoms with van der Waals surface area (Å²) in [5, 5.41) is 8.25. The maximum absolute atomic E-state index is 11.9. The van der Waals surface area contributed by atoms with Gasteiger partial charge < -0.3 is 9.84 Å².